The molecule has 0 heterocycles. The van der Waals surface area contributed by atoms with Gasteiger partial charge in [0.15, 0.2) is 0 Å². The van der Waals surface area contributed by atoms with Gasteiger partial charge in [-0.25, -0.2) is 0 Å². The van der Waals surface area contributed by atoms with Crippen LogP contribution in [0, 0.1) is 0 Å². The third kappa shape index (κ3) is 6.76. The summed E-state index contributed by atoms with van der Waals surface area (Å²) in [7, 11) is 1.76. The highest BCUT2D eigenvalue weighted by atomic mass is 79.9. The van der Waals surface area contributed by atoms with Crippen molar-refractivity contribution in [1.82, 2.24) is 0 Å². The Bertz CT molecular complexity index is 549. The van der Waals surface area contributed by atoms with Crippen LogP contribution >= 0.6 is 15.9 Å². The first-order valence-corrected chi connectivity index (χ1v) is 9.06. The minimum Gasteiger partial charge on any atom is -0.494 e. The fraction of sp³-hybridized carbons (Fsp3) is 0.400. The molecular formula is C20H25BrO2. The molecule has 0 fully saturated rings. The molecule has 3 heteroatoms. The summed E-state index contributed by atoms with van der Waals surface area (Å²) in [5.41, 5.74) is 2.43. The number of halogens is 1. The van der Waals surface area contributed by atoms with Crippen molar-refractivity contribution in [1.29, 1.82) is 0 Å². The van der Waals surface area contributed by atoms with Gasteiger partial charge < -0.3 is 9.47 Å². The van der Waals surface area contributed by atoms with Gasteiger partial charge in [-0.15, -0.1) is 0 Å². The molecule has 0 amide bonds. The average molecular weight is 377 g/mol. The molecule has 0 unspecified atom stereocenters. The summed E-state index contributed by atoms with van der Waals surface area (Å²) in [6.07, 6.45) is 6.00. The number of unbranched alkanes of at least 4 members (excludes halogenated alkanes) is 4. The molecular weight excluding hydrogens is 352 g/mol. The molecule has 23 heavy (non-hydrogen) atoms. The lowest BCUT2D eigenvalue weighted by Crippen LogP contribution is -1.97. The van der Waals surface area contributed by atoms with Gasteiger partial charge in [-0.2, -0.15) is 0 Å². The SMILES string of the molecule is COCCCCCCCOc1ccc(-c2ccc(Br)cc2)cc1. The van der Waals surface area contributed by atoms with Crippen LogP contribution in [0.25, 0.3) is 11.1 Å². The summed E-state index contributed by atoms with van der Waals surface area (Å²) in [5, 5.41) is 0. The van der Waals surface area contributed by atoms with Crippen molar-refractivity contribution in [3.63, 3.8) is 0 Å². The largest absolute Gasteiger partial charge is 0.494 e. The van der Waals surface area contributed by atoms with E-state index in [1.807, 2.05) is 0 Å². The second-order valence-corrected chi connectivity index (χ2v) is 6.56. The van der Waals surface area contributed by atoms with Crippen molar-refractivity contribution in [2.24, 2.45) is 0 Å². The minimum atomic E-state index is 0.794. The Kier molecular flexibility index (Phi) is 8.19. The lowest BCUT2D eigenvalue weighted by atomic mass is 10.1. The number of hydrogen-bond acceptors (Lipinski definition) is 2. The second-order valence-electron chi connectivity index (χ2n) is 5.64. The van der Waals surface area contributed by atoms with Crippen molar-refractivity contribution in [3.8, 4) is 16.9 Å². The first-order valence-electron chi connectivity index (χ1n) is 8.27. The third-order valence-electron chi connectivity index (χ3n) is 3.79. The molecule has 0 saturated heterocycles. The van der Waals surface area contributed by atoms with Gasteiger partial charge in [0.2, 0.25) is 0 Å². The number of hydrogen-bond donors (Lipinski definition) is 0. The van der Waals surface area contributed by atoms with Crippen molar-refractivity contribution >= 4 is 15.9 Å². The normalized spacial score (nSPS) is 10.7. The Labute approximate surface area is 148 Å². The maximum Gasteiger partial charge on any atom is 0.119 e. The van der Waals surface area contributed by atoms with E-state index >= 15 is 0 Å². The summed E-state index contributed by atoms with van der Waals surface area (Å²) < 4.78 is 12.0. The first-order chi connectivity index (χ1) is 11.3. The van der Waals surface area contributed by atoms with E-state index in [0.29, 0.717) is 0 Å². The van der Waals surface area contributed by atoms with Crippen LogP contribution in [-0.2, 0) is 4.74 Å². The molecule has 124 valence electrons. The van der Waals surface area contributed by atoms with E-state index in [9.17, 15) is 0 Å². The molecule has 0 saturated carbocycles. The van der Waals surface area contributed by atoms with Crippen molar-refractivity contribution in [3.05, 3.63) is 53.0 Å². The summed E-state index contributed by atoms with van der Waals surface area (Å²) in [6, 6.07) is 16.7. The maximum atomic E-state index is 5.81. The molecule has 0 aliphatic carbocycles. The first kappa shape index (κ1) is 18.0. The predicted molar refractivity (Wildman–Crippen MR) is 100 cm³/mol. The van der Waals surface area contributed by atoms with Crippen molar-refractivity contribution < 1.29 is 9.47 Å². The molecule has 2 nitrogen and oxygen atoms in total. The van der Waals surface area contributed by atoms with Gasteiger partial charge in [0.25, 0.3) is 0 Å². The molecule has 0 aliphatic heterocycles. The van der Waals surface area contributed by atoms with Crippen LogP contribution in [0.2, 0.25) is 0 Å². The molecule has 0 radical (unpaired) electrons. The Morgan fingerprint density at radius 3 is 1.83 bits per heavy atom. The van der Waals surface area contributed by atoms with E-state index in [-0.39, 0.29) is 0 Å². The zero-order valence-corrected chi connectivity index (χ0v) is 15.3. The number of benzene rings is 2. The zero-order chi connectivity index (χ0) is 16.3. The molecule has 0 bridgehead atoms. The van der Waals surface area contributed by atoms with Gasteiger partial charge in [0, 0.05) is 18.2 Å². The Hall–Kier alpha value is -1.32. The summed E-state index contributed by atoms with van der Waals surface area (Å²) in [6.45, 7) is 1.67. The molecule has 0 aliphatic rings. The third-order valence-corrected chi connectivity index (χ3v) is 4.32. The van der Waals surface area contributed by atoms with Crippen LogP contribution in [0.3, 0.4) is 0 Å². The Balaban J connectivity index is 1.68. The molecule has 0 aromatic heterocycles. The number of methoxy groups -OCH3 is 1. The Morgan fingerprint density at radius 1 is 0.696 bits per heavy atom. The molecule has 2 rings (SSSR count). The lowest BCUT2D eigenvalue weighted by Gasteiger charge is -2.08. The highest BCUT2D eigenvalue weighted by Gasteiger charge is 1.99. The Morgan fingerprint density at radius 2 is 1.22 bits per heavy atom. The minimum absolute atomic E-state index is 0.794. The van der Waals surface area contributed by atoms with Crippen LogP contribution in [0.15, 0.2) is 53.0 Å². The molecule has 2 aromatic carbocycles. The average Bonchev–Trinajstić information content (AvgIpc) is 2.59. The van der Waals surface area contributed by atoms with Crippen LogP contribution in [0.5, 0.6) is 5.75 Å². The summed E-state index contributed by atoms with van der Waals surface area (Å²) >= 11 is 3.46. The van der Waals surface area contributed by atoms with Gasteiger partial charge in [-0.05, 0) is 48.2 Å². The van der Waals surface area contributed by atoms with Gasteiger partial charge in [-0.1, -0.05) is 59.5 Å². The van der Waals surface area contributed by atoms with Gasteiger partial charge in [0.1, 0.15) is 5.75 Å². The highest BCUT2D eigenvalue weighted by Crippen LogP contribution is 2.24. The van der Waals surface area contributed by atoms with E-state index in [4.69, 9.17) is 9.47 Å². The van der Waals surface area contributed by atoms with E-state index in [1.54, 1.807) is 7.11 Å². The zero-order valence-electron chi connectivity index (χ0n) is 13.8. The van der Waals surface area contributed by atoms with Gasteiger partial charge in [0.05, 0.1) is 6.61 Å². The molecule has 0 spiro atoms. The van der Waals surface area contributed by atoms with E-state index in [1.165, 1.54) is 30.4 Å². The van der Waals surface area contributed by atoms with Crippen LogP contribution < -0.4 is 4.74 Å². The number of rotatable bonds is 10. The molecule has 2 aromatic rings. The summed E-state index contributed by atoms with van der Waals surface area (Å²) in [4.78, 5) is 0. The van der Waals surface area contributed by atoms with E-state index in [0.717, 1.165) is 36.3 Å². The maximum absolute atomic E-state index is 5.81. The summed E-state index contributed by atoms with van der Waals surface area (Å²) in [5.74, 6) is 0.949. The van der Waals surface area contributed by atoms with Crippen LogP contribution in [0.4, 0.5) is 0 Å². The van der Waals surface area contributed by atoms with E-state index in [2.05, 4.69) is 64.5 Å². The topological polar surface area (TPSA) is 18.5 Å². The van der Waals surface area contributed by atoms with Crippen molar-refractivity contribution in [2.75, 3.05) is 20.3 Å². The smallest absolute Gasteiger partial charge is 0.119 e. The second kappa shape index (κ2) is 10.5. The molecule has 0 N–H and O–H groups in total. The fourth-order valence-corrected chi connectivity index (χ4v) is 2.72. The van der Waals surface area contributed by atoms with Gasteiger partial charge in [-0.3, -0.25) is 0 Å². The lowest BCUT2D eigenvalue weighted by molar-refractivity contribution is 0.191. The fourth-order valence-electron chi connectivity index (χ4n) is 2.45. The molecule has 0 atom stereocenters. The number of ether oxygens (including phenoxy) is 2. The van der Waals surface area contributed by atoms with Crippen molar-refractivity contribution in [2.45, 2.75) is 32.1 Å². The standard InChI is InChI=1S/C20H25BrO2/c1-22-15-5-3-2-4-6-16-23-20-13-9-18(10-14-20)17-7-11-19(21)12-8-17/h7-14H,2-6,15-16H2,1H3. The predicted octanol–water partition coefficient (Wildman–Crippen LogP) is 6.09. The highest BCUT2D eigenvalue weighted by molar-refractivity contribution is 9.10. The quantitative estimate of drug-likeness (QED) is 0.467. The van der Waals surface area contributed by atoms with Gasteiger partial charge >= 0.3 is 0 Å². The van der Waals surface area contributed by atoms with E-state index < -0.39 is 0 Å². The van der Waals surface area contributed by atoms with Crippen LogP contribution in [-0.4, -0.2) is 20.3 Å². The monoisotopic (exact) mass is 376 g/mol. The van der Waals surface area contributed by atoms with Crippen LogP contribution in [0.1, 0.15) is 32.1 Å².